The molecule has 0 radical (unpaired) electrons. The zero-order valence-corrected chi connectivity index (χ0v) is 11.6. The Kier molecular flexibility index (Phi) is 4.10. The maximum atomic E-state index is 11.7. The van der Waals surface area contributed by atoms with Gasteiger partial charge in [-0.1, -0.05) is 12.2 Å². The van der Waals surface area contributed by atoms with Gasteiger partial charge >= 0.3 is 13.3 Å². The second kappa shape index (κ2) is 5.49. The van der Waals surface area contributed by atoms with Crippen LogP contribution >= 0.6 is 7.60 Å². The molecule has 2 rings (SSSR count). The number of hydrogen-bond acceptors (Lipinski definition) is 4. The standard InChI is InChI=1S/C11H15N2O6P/c1-7-5-13(11(15)12-10(7)14)8-2-3-9(4-8)19-6-20(16,17)18/h2-3,5,8-9H,4,6H2,1H3,(H,12,14,15)(H2,16,17,18)/t8-,9+/m0/s1. The Hall–Kier alpha value is -1.47. The van der Waals surface area contributed by atoms with Gasteiger partial charge in [0.25, 0.3) is 5.56 Å². The van der Waals surface area contributed by atoms with Gasteiger partial charge in [-0.3, -0.25) is 18.9 Å². The van der Waals surface area contributed by atoms with E-state index in [9.17, 15) is 14.2 Å². The maximum absolute atomic E-state index is 11.7. The first kappa shape index (κ1) is 14.9. The fraction of sp³-hybridized carbons (Fsp3) is 0.455. The lowest BCUT2D eigenvalue weighted by Crippen LogP contribution is -2.32. The minimum absolute atomic E-state index is 0.306. The van der Waals surface area contributed by atoms with E-state index in [2.05, 4.69) is 4.98 Å². The molecule has 0 bridgehead atoms. The van der Waals surface area contributed by atoms with Gasteiger partial charge in [0.05, 0.1) is 12.1 Å². The summed E-state index contributed by atoms with van der Waals surface area (Å²) >= 11 is 0. The van der Waals surface area contributed by atoms with Gasteiger partial charge in [-0.25, -0.2) is 4.79 Å². The molecule has 1 aromatic rings. The van der Waals surface area contributed by atoms with Gasteiger partial charge in [-0.15, -0.1) is 0 Å². The Bertz CT molecular complexity index is 685. The smallest absolute Gasteiger partial charge is 0.351 e. The van der Waals surface area contributed by atoms with Gasteiger partial charge in [0.1, 0.15) is 6.35 Å². The summed E-state index contributed by atoms with van der Waals surface area (Å²) in [5, 5.41) is 0. The highest BCUT2D eigenvalue weighted by molar-refractivity contribution is 7.51. The van der Waals surface area contributed by atoms with Crippen molar-refractivity contribution in [3.8, 4) is 0 Å². The molecule has 8 nitrogen and oxygen atoms in total. The first-order chi connectivity index (χ1) is 9.26. The van der Waals surface area contributed by atoms with E-state index in [1.54, 1.807) is 19.1 Å². The van der Waals surface area contributed by atoms with Crippen LogP contribution in [-0.4, -0.2) is 31.8 Å². The van der Waals surface area contributed by atoms with Gasteiger partial charge in [-0.05, 0) is 6.92 Å². The normalized spacial score (nSPS) is 22.4. The number of ether oxygens (including phenoxy) is 1. The number of aryl methyl sites for hydroxylation is 1. The second-order valence-corrected chi connectivity index (χ2v) is 6.25. The molecule has 1 heterocycles. The van der Waals surface area contributed by atoms with Crippen molar-refractivity contribution in [1.82, 2.24) is 9.55 Å². The van der Waals surface area contributed by atoms with Crippen molar-refractivity contribution in [2.75, 3.05) is 6.35 Å². The van der Waals surface area contributed by atoms with Crippen molar-refractivity contribution in [2.24, 2.45) is 0 Å². The summed E-state index contributed by atoms with van der Waals surface area (Å²) in [6.07, 6.45) is 4.07. The summed E-state index contributed by atoms with van der Waals surface area (Å²) in [6, 6.07) is -0.306. The monoisotopic (exact) mass is 302 g/mol. The van der Waals surface area contributed by atoms with Crippen molar-refractivity contribution in [2.45, 2.75) is 25.5 Å². The molecule has 0 unspecified atom stereocenters. The van der Waals surface area contributed by atoms with E-state index in [1.807, 2.05) is 0 Å². The molecular weight excluding hydrogens is 287 g/mol. The molecule has 3 N–H and O–H groups in total. The summed E-state index contributed by atoms with van der Waals surface area (Å²) < 4.78 is 17.2. The number of rotatable bonds is 4. The fourth-order valence-electron chi connectivity index (χ4n) is 2.00. The van der Waals surface area contributed by atoms with Crippen LogP contribution in [0.1, 0.15) is 18.0 Å². The summed E-state index contributed by atoms with van der Waals surface area (Å²) in [5.74, 6) is 0. The number of aromatic nitrogens is 2. The summed E-state index contributed by atoms with van der Waals surface area (Å²) in [5.41, 5.74) is -0.536. The van der Waals surface area contributed by atoms with E-state index in [0.717, 1.165) is 0 Å². The predicted octanol–water partition coefficient (Wildman–Crippen LogP) is -0.134. The van der Waals surface area contributed by atoms with Crippen LogP contribution in [0.25, 0.3) is 0 Å². The molecule has 0 aromatic carbocycles. The van der Waals surface area contributed by atoms with Crippen LogP contribution in [0, 0.1) is 6.92 Å². The van der Waals surface area contributed by atoms with E-state index < -0.39 is 31.3 Å². The summed E-state index contributed by atoms with van der Waals surface area (Å²) in [6.45, 7) is 1.59. The average Bonchev–Trinajstić information content (AvgIpc) is 2.79. The number of nitrogens with one attached hydrogen (secondary N) is 1. The quantitative estimate of drug-likeness (QED) is 0.526. The Morgan fingerprint density at radius 2 is 2.15 bits per heavy atom. The molecule has 20 heavy (non-hydrogen) atoms. The van der Waals surface area contributed by atoms with Crippen LogP contribution < -0.4 is 11.2 Å². The molecular formula is C11H15N2O6P. The highest BCUT2D eigenvalue weighted by atomic mass is 31.2. The van der Waals surface area contributed by atoms with E-state index in [1.165, 1.54) is 10.8 Å². The fourth-order valence-corrected chi connectivity index (χ4v) is 2.39. The topological polar surface area (TPSA) is 122 Å². The number of hydrogen-bond donors (Lipinski definition) is 3. The van der Waals surface area contributed by atoms with Crippen molar-refractivity contribution in [3.05, 3.63) is 44.8 Å². The third kappa shape index (κ3) is 3.55. The third-order valence-electron chi connectivity index (χ3n) is 2.98. The lowest BCUT2D eigenvalue weighted by molar-refractivity contribution is 0.102. The van der Waals surface area contributed by atoms with Gasteiger partial charge in [-0.2, -0.15) is 0 Å². The minimum atomic E-state index is -4.21. The number of H-pyrrole nitrogens is 1. The Morgan fingerprint density at radius 1 is 1.45 bits per heavy atom. The van der Waals surface area contributed by atoms with E-state index in [4.69, 9.17) is 14.5 Å². The van der Waals surface area contributed by atoms with Crippen LogP contribution in [0.15, 0.2) is 27.9 Å². The highest BCUT2D eigenvalue weighted by Gasteiger charge is 2.24. The zero-order chi connectivity index (χ0) is 14.9. The molecule has 2 atom stereocenters. The molecule has 0 fully saturated rings. The van der Waals surface area contributed by atoms with E-state index in [0.29, 0.717) is 12.0 Å². The Labute approximate surface area is 113 Å². The van der Waals surface area contributed by atoms with Crippen LogP contribution in [-0.2, 0) is 9.30 Å². The molecule has 1 aromatic heterocycles. The Morgan fingerprint density at radius 3 is 2.80 bits per heavy atom. The maximum Gasteiger partial charge on any atom is 0.351 e. The molecule has 9 heteroatoms. The number of allylic oxidation sites excluding steroid dienone is 1. The molecule has 1 aliphatic carbocycles. The lowest BCUT2D eigenvalue weighted by Gasteiger charge is -2.15. The number of aromatic amines is 1. The van der Waals surface area contributed by atoms with Crippen LogP contribution in [0.5, 0.6) is 0 Å². The first-order valence-corrected chi connectivity index (χ1v) is 7.72. The predicted molar refractivity (Wildman–Crippen MR) is 70.6 cm³/mol. The van der Waals surface area contributed by atoms with Crippen molar-refractivity contribution in [3.63, 3.8) is 0 Å². The summed E-state index contributed by atoms with van der Waals surface area (Å²) in [7, 11) is -4.21. The number of nitrogens with zero attached hydrogens (tertiary/aromatic N) is 1. The first-order valence-electron chi connectivity index (χ1n) is 5.93. The summed E-state index contributed by atoms with van der Waals surface area (Å²) in [4.78, 5) is 42.7. The van der Waals surface area contributed by atoms with Crippen molar-refractivity contribution < 1.29 is 19.1 Å². The molecule has 0 saturated carbocycles. The second-order valence-electron chi connectivity index (χ2n) is 4.67. The molecule has 0 saturated heterocycles. The molecule has 110 valence electrons. The van der Waals surface area contributed by atoms with Gasteiger partial charge in [0.2, 0.25) is 0 Å². The van der Waals surface area contributed by atoms with E-state index >= 15 is 0 Å². The van der Waals surface area contributed by atoms with Crippen LogP contribution in [0.3, 0.4) is 0 Å². The van der Waals surface area contributed by atoms with Gasteiger partial charge in [0, 0.05) is 18.2 Å². The van der Waals surface area contributed by atoms with E-state index in [-0.39, 0.29) is 6.04 Å². The molecule has 0 aliphatic heterocycles. The third-order valence-corrected chi connectivity index (χ3v) is 3.47. The SMILES string of the molecule is Cc1cn([C@H]2C=C[C@@H](OCP(=O)(O)O)C2)c(=O)[nH]c1=O. The van der Waals surface area contributed by atoms with Gasteiger partial charge < -0.3 is 14.5 Å². The molecule has 1 aliphatic rings. The minimum Gasteiger partial charge on any atom is -0.361 e. The van der Waals surface area contributed by atoms with Crippen LogP contribution in [0.4, 0.5) is 0 Å². The van der Waals surface area contributed by atoms with Gasteiger partial charge in [0.15, 0.2) is 0 Å². The zero-order valence-electron chi connectivity index (χ0n) is 10.7. The highest BCUT2D eigenvalue weighted by Crippen LogP contribution is 2.36. The Balaban J connectivity index is 2.09. The largest absolute Gasteiger partial charge is 0.361 e. The lowest BCUT2D eigenvalue weighted by atomic mass is 10.2. The van der Waals surface area contributed by atoms with Crippen LogP contribution in [0.2, 0.25) is 0 Å². The van der Waals surface area contributed by atoms with Crippen molar-refractivity contribution in [1.29, 1.82) is 0 Å². The molecule has 0 amide bonds. The average molecular weight is 302 g/mol. The molecule has 0 spiro atoms. The van der Waals surface area contributed by atoms with Crippen molar-refractivity contribution >= 4 is 7.60 Å².